The van der Waals surface area contributed by atoms with E-state index in [4.69, 9.17) is 0 Å². The van der Waals surface area contributed by atoms with Crippen LogP contribution in [0, 0.1) is 11.8 Å². The molecule has 2 fully saturated rings. The number of nitrogens with zero attached hydrogens (tertiary/aromatic N) is 1. The number of halogens is 1. The minimum absolute atomic E-state index is 0. The minimum atomic E-state index is -3.22. The van der Waals surface area contributed by atoms with Crippen LogP contribution in [-0.4, -0.2) is 45.4 Å². The van der Waals surface area contributed by atoms with Crippen LogP contribution in [0.2, 0.25) is 0 Å². The van der Waals surface area contributed by atoms with Crippen LogP contribution in [0.5, 0.6) is 0 Å². The SMILES string of the molecule is CCNS(=O)(=O)N1CCC2CNCC2C1.Cl. The van der Waals surface area contributed by atoms with Gasteiger partial charge in [0.15, 0.2) is 0 Å². The maximum atomic E-state index is 11.8. The molecule has 2 N–H and O–H groups in total. The number of hydrogen-bond acceptors (Lipinski definition) is 3. The summed E-state index contributed by atoms with van der Waals surface area (Å²) in [7, 11) is -3.22. The Bertz CT molecular complexity index is 323. The lowest BCUT2D eigenvalue weighted by molar-refractivity contribution is 0.226. The molecule has 5 nitrogen and oxygen atoms in total. The lowest BCUT2D eigenvalue weighted by Crippen LogP contribution is -2.48. The molecular weight excluding hydrogens is 250 g/mol. The van der Waals surface area contributed by atoms with Gasteiger partial charge < -0.3 is 5.32 Å². The maximum Gasteiger partial charge on any atom is 0.279 e. The molecule has 0 aliphatic carbocycles. The first-order valence-corrected chi connectivity index (χ1v) is 7.03. The predicted molar refractivity (Wildman–Crippen MR) is 65.9 cm³/mol. The van der Waals surface area contributed by atoms with Crippen LogP contribution in [0.15, 0.2) is 0 Å². The molecular formula is C9H20ClN3O2S. The molecule has 2 unspecified atom stereocenters. The average molecular weight is 270 g/mol. The summed E-state index contributed by atoms with van der Waals surface area (Å²) in [5, 5.41) is 3.33. The number of piperidine rings is 1. The summed E-state index contributed by atoms with van der Waals surface area (Å²) in [4.78, 5) is 0. The molecule has 2 saturated heterocycles. The molecule has 16 heavy (non-hydrogen) atoms. The first-order valence-electron chi connectivity index (χ1n) is 5.59. The molecule has 0 radical (unpaired) electrons. The van der Waals surface area contributed by atoms with E-state index in [-0.39, 0.29) is 12.4 Å². The summed E-state index contributed by atoms with van der Waals surface area (Å²) in [5.74, 6) is 1.19. The number of fused-ring (bicyclic) bond motifs is 1. The van der Waals surface area contributed by atoms with E-state index in [1.807, 2.05) is 0 Å². The smallest absolute Gasteiger partial charge is 0.279 e. The quantitative estimate of drug-likeness (QED) is 0.746. The van der Waals surface area contributed by atoms with E-state index in [0.717, 1.165) is 19.5 Å². The lowest BCUT2D eigenvalue weighted by Gasteiger charge is -2.33. The van der Waals surface area contributed by atoms with Crippen LogP contribution in [-0.2, 0) is 10.2 Å². The van der Waals surface area contributed by atoms with Gasteiger partial charge in [-0.25, -0.2) is 4.72 Å². The second-order valence-electron chi connectivity index (χ2n) is 4.33. The number of hydrogen-bond donors (Lipinski definition) is 2. The van der Waals surface area contributed by atoms with Gasteiger partial charge in [-0.05, 0) is 31.3 Å². The van der Waals surface area contributed by atoms with Crippen LogP contribution in [0.1, 0.15) is 13.3 Å². The van der Waals surface area contributed by atoms with E-state index in [1.165, 1.54) is 0 Å². The molecule has 2 atom stereocenters. The van der Waals surface area contributed by atoms with Crippen molar-refractivity contribution in [1.82, 2.24) is 14.3 Å². The predicted octanol–water partition coefficient (Wildman–Crippen LogP) is -0.196. The molecule has 2 rings (SSSR count). The zero-order valence-corrected chi connectivity index (χ0v) is 11.1. The van der Waals surface area contributed by atoms with Crippen molar-refractivity contribution in [2.24, 2.45) is 11.8 Å². The minimum Gasteiger partial charge on any atom is -0.316 e. The monoisotopic (exact) mass is 269 g/mol. The van der Waals surface area contributed by atoms with E-state index >= 15 is 0 Å². The Hall–Kier alpha value is 0.120. The average Bonchev–Trinajstić information content (AvgIpc) is 2.63. The highest BCUT2D eigenvalue weighted by molar-refractivity contribution is 7.87. The largest absolute Gasteiger partial charge is 0.316 e. The third kappa shape index (κ3) is 2.87. The van der Waals surface area contributed by atoms with Crippen LogP contribution in [0.4, 0.5) is 0 Å². The normalized spacial score (nSPS) is 30.8. The molecule has 0 aromatic carbocycles. The summed E-state index contributed by atoms with van der Waals surface area (Å²) in [6.07, 6.45) is 0.988. The number of nitrogens with one attached hydrogen (secondary N) is 2. The molecule has 2 aliphatic heterocycles. The Morgan fingerprint density at radius 3 is 2.75 bits per heavy atom. The molecule has 7 heteroatoms. The van der Waals surface area contributed by atoms with E-state index in [2.05, 4.69) is 10.0 Å². The van der Waals surface area contributed by atoms with E-state index in [1.54, 1.807) is 11.2 Å². The van der Waals surface area contributed by atoms with Crippen LogP contribution in [0.3, 0.4) is 0 Å². The first-order chi connectivity index (χ1) is 7.13. The number of rotatable bonds is 3. The van der Waals surface area contributed by atoms with Gasteiger partial charge in [-0.2, -0.15) is 12.7 Å². The Morgan fingerprint density at radius 2 is 2.06 bits per heavy atom. The molecule has 0 aromatic heterocycles. The molecule has 0 spiro atoms. The molecule has 0 aromatic rings. The Labute approximate surface area is 104 Å². The second-order valence-corrected chi connectivity index (χ2v) is 6.08. The highest BCUT2D eigenvalue weighted by Crippen LogP contribution is 2.27. The van der Waals surface area contributed by atoms with Crippen LogP contribution in [0.25, 0.3) is 0 Å². The van der Waals surface area contributed by atoms with Gasteiger partial charge in [0.25, 0.3) is 10.2 Å². The first kappa shape index (κ1) is 14.2. The summed E-state index contributed by atoms with van der Waals surface area (Å²) in [5.41, 5.74) is 0. The highest BCUT2D eigenvalue weighted by Gasteiger charge is 2.36. The van der Waals surface area contributed by atoms with Crippen LogP contribution < -0.4 is 10.0 Å². The molecule has 2 aliphatic rings. The third-order valence-corrected chi connectivity index (χ3v) is 5.00. The van der Waals surface area contributed by atoms with Crippen molar-refractivity contribution in [1.29, 1.82) is 0 Å². The van der Waals surface area contributed by atoms with Crippen LogP contribution >= 0.6 is 12.4 Å². The Morgan fingerprint density at radius 1 is 1.38 bits per heavy atom. The van der Waals surface area contributed by atoms with Crippen molar-refractivity contribution in [3.05, 3.63) is 0 Å². The van der Waals surface area contributed by atoms with Gasteiger partial charge in [0.05, 0.1) is 0 Å². The zero-order valence-electron chi connectivity index (χ0n) is 9.48. The van der Waals surface area contributed by atoms with Crippen molar-refractivity contribution >= 4 is 22.6 Å². The van der Waals surface area contributed by atoms with Crippen molar-refractivity contribution < 1.29 is 8.42 Å². The molecule has 0 amide bonds. The Balaban J connectivity index is 0.00000128. The standard InChI is InChI=1S/C9H19N3O2S.ClH/c1-2-11-15(13,14)12-4-3-8-5-10-6-9(8)7-12;/h8-11H,2-7H2,1H3;1H. The van der Waals surface area contributed by atoms with Gasteiger partial charge in [-0.1, -0.05) is 6.92 Å². The maximum absolute atomic E-state index is 11.8. The van der Waals surface area contributed by atoms with Gasteiger partial charge in [0, 0.05) is 19.6 Å². The second kappa shape index (κ2) is 5.64. The van der Waals surface area contributed by atoms with Crippen molar-refractivity contribution in [2.75, 3.05) is 32.7 Å². The van der Waals surface area contributed by atoms with E-state index in [0.29, 0.717) is 31.5 Å². The highest BCUT2D eigenvalue weighted by atomic mass is 35.5. The van der Waals surface area contributed by atoms with Crippen molar-refractivity contribution in [2.45, 2.75) is 13.3 Å². The lowest BCUT2D eigenvalue weighted by atomic mass is 9.90. The molecule has 2 heterocycles. The fourth-order valence-corrected chi connectivity index (χ4v) is 3.77. The molecule has 0 bridgehead atoms. The van der Waals surface area contributed by atoms with E-state index in [9.17, 15) is 8.42 Å². The van der Waals surface area contributed by atoms with Gasteiger partial charge in [-0.3, -0.25) is 0 Å². The molecule has 96 valence electrons. The summed E-state index contributed by atoms with van der Waals surface area (Å²) < 4.78 is 27.7. The summed E-state index contributed by atoms with van der Waals surface area (Å²) in [6.45, 7) is 5.63. The Kier molecular flexibility index (Phi) is 5.00. The fraction of sp³-hybridized carbons (Fsp3) is 1.00. The van der Waals surface area contributed by atoms with Gasteiger partial charge in [-0.15, -0.1) is 12.4 Å². The summed E-state index contributed by atoms with van der Waals surface area (Å²) in [6, 6.07) is 0. The van der Waals surface area contributed by atoms with E-state index < -0.39 is 10.2 Å². The van der Waals surface area contributed by atoms with Gasteiger partial charge in [0.2, 0.25) is 0 Å². The molecule has 0 saturated carbocycles. The summed E-state index contributed by atoms with van der Waals surface area (Å²) >= 11 is 0. The third-order valence-electron chi connectivity index (χ3n) is 3.33. The zero-order chi connectivity index (χ0) is 10.9. The van der Waals surface area contributed by atoms with Gasteiger partial charge in [0.1, 0.15) is 0 Å². The fourth-order valence-electron chi connectivity index (χ4n) is 2.49. The van der Waals surface area contributed by atoms with Gasteiger partial charge >= 0.3 is 0 Å². The topological polar surface area (TPSA) is 61.4 Å². The van der Waals surface area contributed by atoms with Crippen molar-refractivity contribution in [3.8, 4) is 0 Å². The van der Waals surface area contributed by atoms with Crippen molar-refractivity contribution in [3.63, 3.8) is 0 Å².